The number of rotatable bonds is 5. The van der Waals surface area contributed by atoms with E-state index in [1.165, 1.54) is 0 Å². The molecule has 2 atom stereocenters. The van der Waals surface area contributed by atoms with E-state index >= 15 is 0 Å². The molecule has 0 saturated heterocycles. The predicted octanol–water partition coefficient (Wildman–Crippen LogP) is 2.12. The average Bonchev–Trinajstić information content (AvgIpc) is 2.03. The van der Waals surface area contributed by atoms with Gasteiger partial charge in [0.15, 0.2) is 5.78 Å². The zero-order valence-corrected chi connectivity index (χ0v) is 8.68. The van der Waals surface area contributed by atoms with Crippen LogP contribution in [0, 0.1) is 5.92 Å². The van der Waals surface area contributed by atoms with Gasteiger partial charge in [0.2, 0.25) is 0 Å². The molecule has 0 amide bonds. The molecule has 0 aromatic heterocycles. The lowest BCUT2D eigenvalue weighted by Crippen LogP contribution is -2.46. The van der Waals surface area contributed by atoms with E-state index in [1.807, 2.05) is 20.8 Å². The van der Waals surface area contributed by atoms with Gasteiger partial charge in [0.05, 0.1) is 5.54 Å². The lowest BCUT2D eigenvalue weighted by atomic mass is 9.85. The molecule has 0 saturated carbocycles. The van der Waals surface area contributed by atoms with E-state index in [0.717, 1.165) is 19.3 Å². The molecule has 2 nitrogen and oxygen atoms in total. The van der Waals surface area contributed by atoms with Crippen molar-refractivity contribution in [3.8, 4) is 0 Å². The highest BCUT2D eigenvalue weighted by molar-refractivity contribution is 5.89. The number of ketones is 1. The summed E-state index contributed by atoms with van der Waals surface area (Å²) in [6.45, 7) is 7.83. The number of nitrogens with two attached hydrogens (primary N) is 1. The highest BCUT2D eigenvalue weighted by Crippen LogP contribution is 2.16. The lowest BCUT2D eigenvalue weighted by molar-refractivity contribution is -0.127. The number of hydrogen-bond acceptors (Lipinski definition) is 2. The third-order valence-electron chi connectivity index (χ3n) is 2.47. The first kappa shape index (κ1) is 11.6. The van der Waals surface area contributed by atoms with Crippen molar-refractivity contribution in [2.75, 3.05) is 0 Å². The Morgan fingerprint density at radius 3 is 2.33 bits per heavy atom. The van der Waals surface area contributed by atoms with Crippen molar-refractivity contribution < 1.29 is 4.79 Å². The maximum absolute atomic E-state index is 11.7. The monoisotopic (exact) mass is 171 g/mol. The highest BCUT2D eigenvalue weighted by Gasteiger charge is 2.29. The van der Waals surface area contributed by atoms with Crippen molar-refractivity contribution in [2.24, 2.45) is 11.7 Å². The maximum atomic E-state index is 11.7. The fraction of sp³-hybridized carbons (Fsp3) is 0.900. The summed E-state index contributed by atoms with van der Waals surface area (Å²) < 4.78 is 0. The fourth-order valence-corrected chi connectivity index (χ4v) is 1.30. The summed E-state index contributed by atoms with van der Waals surface area (Å²) in [5, 5.41) is 0. The van der Waals surface area contributed by atoms with Crippen molar-refractivity contribution in [1.82, 2.24) is 0 Å². The maximum Gasteiger partial charge on any atom is 0.155 e. The van der Waals surface area contributed by atoms with Crippen molar-refractivity contribution in [3.05, 3.63) is 0 Å². The van der Waals surface area contributed by atoms with E-state index in [1.54, 1.807) is 0 Å². The van der Waals surface area contributed by atoms with Gasteiger partial charge in [-0.3, -0.25) is 4.79 Å². The van der Waals surface area contributed by atoms with Crippen LogP contribution in [0.4, 0.5) is 0 Å². The van der Waals surface area contributed by atoms with Crippen LogP contribution in [0.2, 0.25) is 0 Å². The second kappa shape index (κ2) is 4.61. The Bertz CT molecular complexity index is 152. The molecule has 0 rings (SSSR count). The summed E-state index contributed by atoms with van der Waals surface area (Å²) in [5.41, 5.74) is 5.22. The van der Waals surface area contributed by atoms with Gasteiger partial charge in [-0.05, 0) is 19.8 Å². The first-order valence-corrected chi connectivity index (χ1v) is 4.78. The van der Waals surface area contributed by atoms with Crippen molar-refractivity contribution in [3.63, 3.8) is 0 Å². The molecule has 0 aromatic carbocycles. The summed E-state index contributed by atoms with van der Waals surface area (Å²) in [6, 6.07) is 0. The van der Waals surface area contributed by atoms with Crippen LogP contribution >= 0.6 is 0 Å². The summed E-state index contributed by atoms with van der Waals surface area (Å²) in [6.07, 6.45) is 2.72. The van der Waals surface area contributed by atoms with Gasteiger partial charge in [0.25, 0.3) is 0 Å². The van der Waals surface area contributed by atoms with Gasteiger partial charge in [0, 0.05) is 5.92 Å². The summed E-state index contributed by atoms with van der Waals surface area (Å²) in [4.78, 5) is 11.7. The Labute approximate surface area is 75.5 Å². The topological polar surface area (TPSA) is 43.1 Å². The zero-order valence-electron chi connectivity index (χ0n) is 8.68. The minimum absolute atomic E-state index is 0.116. The minimum atomic E-state index is -0.616. The predicted molar refractivity (Wildman–Crippen MR) is 52.0 cm³/mol. The normalized spacial score (nSPS) is 18.4. The first-order chi connectivity index (χ1) is 5.45. The number of carbonyl (C=O) groups excluding carboxylic acids is 1. The Morgan fingerprint density at radius 2 is 2.00 bits per heavy atom. The highest BCUT2D eigenvalue weighted by atomic mass is 16.1. The van der Waals surface area contributed by atoms with Gasteiger partial charge in [-0.15, -0.1) is 0 Å². The number of hydrogen-bond donors (Lipinski definition) is 1. The molecular weight excluding hydrogens is 150 g/mol. The Hall–Kier alpha value is -0.370. The third-order valence-corrected chi connectivity index (χ3v) is 2.47. The number of Topliss-reactive ketones (excluding diaryl/α,β-unsaturated/α-hetero) is 1. The Balaban J connectivity index is 4.18. The van der Waals surface area contributed by atoms with Crippen LogP contribution in [0.5, 0.6) is 0 Å². The molecule has 2 N–H and O–H groups in total. The molecule has 0 aliphatic heterocycles. The standard InChI is InChI=1S/C10H21NO/c1-5-7-8(3)9(12)10(4,11)6-2/h8H,5-7,11H2,1-4H3. The first-order valence-electron chi connectivity index (χ1n) is 4.78. The van der Waals surface area contributed by atoms with E-state index in [2.05, 4.69) is 6.92 Å². The zero-order chi connectivity index (χ0) is 9.78. The van der Waals surface area contributed by atoms with Gasteiger partial charge < -0.3 is 5.73 Å². The fourth-order valence-electron chi connectivity index (χ4n) is 1.30. The molecule has 12 heavy (non-hydrogen) atoms. The summed E-state index contributed by atoms with van der Waals surface area (Å²) >= 11 is 0. The molecule has 0 spiro atoms. The van der Waals surface area contributed by atoms with Gasteiger partial charge in [-0.25, -0.2) is 0 Å². The van der Waals surface area contributed by atoms with E-state index in [9.17, 15) is 4.79 Å². The molecule has 0 aliphatic rings. The van der Waals surface area contributed by atoms with Crippen LogP contribution in [-0.4, -0.2) is 11.3 Å². The van der Waals surface area contributed by atoms with E-state index in [0.29, 0.717) is 0 Å². The molecule has 2 heteroatoms. The molecule has 72 valence electrons. The summed E-state index contributed by atoms with van der Waals surface area (Å²) in [5.74, 6) is 0.316. The van der Waals surface area contributed by atoms with Crippen LogP contribution in [0.1, 0.15) is 47.0 Å². The van der Waals surface area contributed by atoms with Crippen LogP contribution in [0.3, 0.4) is 0 Å². The number of carbonyl (C=O) groups is 1. The lowest BCUT2D eigenvalue weighted by Gasteiger charge is -2.24. The molecule has 0 aliphatic carbocycles. The van der Waals surface area contributed by atoms with Crippen LogP contribution in [0.15, 0.2) is 0 Å². The van der Waals surface area contributed by atoms with Crippen LogP contribution in [0.25, 0.3) is 0 Å². The Morgan fingerprint density at radius 1 is 1.50 bits per heavy atom. The van der Waals surface area contributed by atoms with Crippen LogP contribution in [-0.2, 0) is 4.79 Å². The second-order valence-electron chi connectivity index (χ2n) is 3.82. The van der Waals surface area contributed by atoms with Crippen molar-refractivity contribution in [1.29, 1.82) is 0 Å². The van der Waals surface area contributed by atoms with Gasteiger partial charge in [0.1, 0.15) is 0 Å². The minimum Gasteiger partial charge on any atom is -0.319 e. The van der Waals surface area contributed by atoms with Crippen molar-refractivity contribution in [2.45, 2.75) is 52.5 Å². The van der Waals surface area contributed by atoms with Crippen LogP contribution < -0.4 is 5.73 Å². The van der Waals surface area contributed by atoms with E-state index in [4.69, 9.17) is 5.73 Å². The third kappa shape index (κ3) is 2.94. The molecule has 0 radical (unpaired) electrons. The molecule has 0 bridgehead atoms. The average molecular weight is 171 g/mol. The second-order valence-corrected chi connectivity index (χ2v) is 3.82. The largest absolute Gasteiger partial charge is 0.319 e. The molecule has 0 aromatic rings. The van der Waals surface area contributed by atoms with E-state index < -0.39 is 5.54 Å². The van der Waals surface area contributed by atoms with E-state index in [-0.39, 0.29) is 11.7 Å². The Kier molecular flexibility index (Phi) is 4.46. The van der Waals surface area contributed by atoms with Gasteiger partial charge in [-0.2, -0.15) is 0 Å². The summed E-state index contributed by atoms with van der Waals surface area (Å²) in [7, 11) is 0. The molecule has 2 unspecified atom stereocenters. The smallest absolute Gasteiger partial charge is 0.155 e. The quantitative estimate of drug-likeness (QED) is 0.688. The molecular formula is C10H21NO. The van der Waals surface area contributed by atoms with Crippen molar-refractivity contribution >= 4 is 5.78 Å². The van der Waals surface area contributed by atoms with Gasteiger partial charge in [-0.1, -0.05) is 27.2 Å². The molecule has 0 heterocycles. The molecule has 0 fully saturated rings. The van der Waals surface area contributed by atoms with Gasteiger partial charge >= 0.3 is 0 Å². The SMILES string of the molecule is CCCC(C)C(=O)C(C)(N)CC.